The Balaban J connectivity index is 2.19. The van der Waals surface area contributed by atoms with E-state index in [4.69, 9.17) is 10.9 Å². The van der Waals surface area contributed by atoms with Crippen molar-refractivity contribution >= 4 is 5.84 Å². The first-order valence-electron chi connectivity index (χ1n) is 6.89. The number of nitrogens with one attached hydrogen (secondary N) is 1. The molecule has 4 N–H and O–H groups in total. The van der Waals surface area contributed by atoms with Crippen LogP contribution in [0.25, 0.3) is 0 Å². The van der Waals surface area contributed by atoms with Crippen LogP contribution in [-0.2, 0) is 6.42 Å². The summed E-state index contributed by atoms with van der Waals surface area (Å²) in [6.45, 7) is 5.46. The van der Waals surface area contributed by atoms with E-state index in [0.29, 0.717) is 6.42 Å². The summed E-state index contributed by atoms with van der Waals surface area (Å²) in [7, 11) is 0. The molecule has 1 rings (SSSR count). The van der Waals surface area contributed by atoms with Crippen LogP contribution in [-0.4, -0.2) is 24.1 Å². The summed E-state index contributed by atoms with van der Waals surface area (Å²) in [5.74, 6) is 0.103. The number of nitrogens with two attached hydrogens (primary N) is 1. The Labute approximate surface area is 119 Å². The molecule has 0 saturated heterocycles. The number of nitrogens with zero attached hydrogens (tertiary/aromatic N) is 1. The number of rotatable bonds is 8. The average molecular weight is 281 g/mol. The van der Waals surface area contributed by atoms with E-state index < -0.39 is 0 Å². The van der Waals surface area contributed by atoms with E-state index in [2.05, 4.69) is 10.5 Å². The summed E-state index contributed by atoms with van der Waals surface area (Å²) >= 11 is 0. The van der Waals surface area contributed by atoms with Gasteiger partial charge in [-0.05, 0) is 44.0 Å². The van der Waals surface area contributed by atoms with Crippen LogP contribution in [0.15, 0.2) is 29.4 Å². The van der Waals surface area contributed by atoms with Crippen LogP contribution < -0.4 is 11.1 Å². The quantitative estimate of drug-likeness (QED) is 0.225. The minimum Gasteiger partial charge on any atom is -0.409 e. The molecule has 0 aliphatic heterocycles. The van der Waals surface area contributed by atoms with Crippen molar-refractivity contribution in [1.82, 2.24) is 5.32 Å². The number of hydrogen-bond acceptors (Lipinski definition) is 3. The number of benzene rings is 1. The fourth-order valence-corrected chi connectivity index (χ4v) is 1.97. The lowest BCUT2D eigenvalue weighted by Crippen LogP contribution is -2.32. The van der Waals surface area contributed by atoms with E-state index in [9.17, 15) is 4.39 Å². The zero-order valence-electron chi connectivity index (χ0n) is 12.2. The fourth-order valence-electron chi connectivity index (χ4n) is 1.97. The first kappa shape index (κ1) is 16.4. The van der Waals surface area contributed by atoms with Crippen molar-refractivity contribution in [2.45, 2.75) is 33.1 Å². The van der Waals surface area contributed by atoms with Crippen LogP contribution in [0.4, 0.5) is 4.39 Å². The Hall–Kier alpha value is -1.62. The maximum Gasteiger partial charge on any atom is 0.144 e. The molecule has 0 heterocycles. The topological polar surface area (TPSA) is 70.6 Å². The van der Waals surface area contributed by atoms with Gasteiger partial charge >= 0.3 is 0 Å². The van der Waals surface area contributed by atoms with Gasteiger partial charge in [-0.1, -0.05) is 37.2 Å². The van der Waals surface area contributed by atoms with Gasteiger partial charge in [0.1, 0.15) is 11.7 Å². The summed E-state index contributed by atoms with van der Waals surface area (Å²) in [6, 6.07) is 6.83. The van der Waals surface area contributed by atoms with E-state index in [1.807, 2.05) is 19.9 Å². The highest BCUT2D eigenvalue weighted by molar-refractivity contribution is 5.85. The number of amidine groups is 1. The zero-order chi connectivity index (χ0) is 15.0. The fraction of sp³-hybridized carbons (Fsp3) is 0.533. The Kier molecular flexibility index (Phi) is 6.45. The predicted octanol–water partition coefficient (Wildman–Crippen LogP) is 2.51. The SMILES string of the molecule is CC(C)(CCCNCCc1ccccc1F)C(N)=NO. The molecule has 1 aromatic rings. The number of oxime groups is 1. The third kappa shape index (κ3) is 5.17. The van der Waals surface area contributed by atoms with Gasteiger partial charge in [0, 0.05) is 5.41 Å². The molecule has 0 spiro atoms. The van der Waals surface area contributed by atoms with Gasteiger partial charge in [0.2, 0.25) is 0 Å². The lowest BCUT2D eigenvalue weighted by molar-refractivity contribution is 0.304. The molecular weight excluding hydrogens is 257 g/mol. The molecule has 4 nitrogen and oxygen atoms in total. The molecule has 0 aliphatic carbocycles. The monoisotopic (exact) mass is 281 g/mol. The normalized spacial score (nSPS) is 12.7. The highest BCUT2D eigenvalue weighted by Crippen LogP contribution is 2.21. The summed E-state index contributed by atoms with van der Waals surface area (Å²) in [6.07, 6.45) is 2.42. The largest absolute Gasteiger partial charge is 0.409 e. The maximum atomic E-state index is 13.4. The summed E-state index contributed by atoms with van der Waals surface area (Å²) in [5.41, 5.74) is 6.05. The molecule has 1 aromatic carbocycles. The molecule has 0 aromatic heterocycles. The molecular formula is C15H24FN3O. The van der Waals surface area contributed by atoms with Crippen LogP contribution in [0.5, 0.6) is 0 Å². The maximum absolute atomic E-state index is 13.4. The lowest BCUT2D eigenvalue weighted by Gasteiger charge is -2.22. The second kappa shape index (κ2) is 7.85. The zero-order valence-corrected chi connectivity index (χ0v) is 12.2. The van der Waals surface area contributed by atoms with Crippen LogP contribution >= 0.6 is 0 Å². The highest BCUT2D eigenvalue weighted by atomic mass is 19.1. The molecule has 0 amide bonds. The summed E-state index contributed by atoms with van der Waals surface area (Å²) in [5, 5.41) is 15.0. The molecule has 0 atom stereocenters. The predicted molar refractivity (Wildman–Crippen MR) is 79.4 cm³/mol. The van der Waals surface area contributed by atoms with Crippen LogP contribution in [0.3, 0.4) is 0 Å². The molecule has 20 heavy (non-hydrogen) atoms. The molecule has 0 fully saturated rings. The second-order valence-corrected chi connectivity index (χ2v) is 5.56. The van der Waals surface area contributed by atoms with Crippen molar-refractivity contribution in [2.24, 2.45) is 16.3 Å². The van der Waals surface area contributed by atoms with Crippen molar-refractivity contribution in [3.63, 3.8) is 0 Å². The molecule has 5 heteroatoms. The summed E-state index contributed by atoms with van der Waals surface area (Å²) in [4.78, 5) is 0. The van der Waals surface area contributed by atoms with Crippen molar-refractivity contribution in [1.29, 1.82) is 0 Å². The van der Waals surface area contributed by atoms with Crippen molar-refractivity contribution in [3.05, 3.63) is 35.6 Å². The van der Waals surface area contributed by atoms with E-state index in [0.717, 1.165) is 31.5 Å². The average Bonchev–Trinajstić information content (AvgIpc) is 2.43. The highest BCUT2D eigenvalue weighted by Gasteiger charge is 2.22. The number of hydrogen-bond donors (Lipinski definition) is 3. The van der Waals surface area contributed by atoms with Crippen molar-refractivity contribution in [3.8, 4) is 0 Å². The minimum absolute atomic E-state index is 0.151. The van der Waals surface area contributed by atoms with Gasteiger partial charge in [0.05, 0.1) is 0 Å². The van der Waals surface area contributed by atoms with Gasteiger partial charge < -0.3 is 16.3 Å². The smallest absolute Gasteiger partial charge is 0.144 e. The van der Waals surface area contributed by atoms with Crippen molar-refractivity contribution in [2.75, 3.05) is 13.1 Å². The van der Waals surface area contributed by atoms with Gasteiger partial charge in [-0.15, -0.1) is 0 Å². The molecule has 0 aliphatic rings. The molecule has 112 valence electrons. The van der Waals surface area contributed by atoms with Crippen LogP contribution in [0, 0.1) is 11.2 Å². The van der Waals surface area contributed by atoms with Gasteiger partial charge in [-0.3, -0.25) is 0 Å². The van der Waals surface area contributed by atoms with Crippen LogP contribution in [0.1, 0.15) is 32.3 Å². The van der Waals surface area contributed by atoms with Crippen molar-refractivity contribution < 1.29 is 9.60 Å². The first-order chi connectivity index (χ1) is 9.47. The number of halogens is 1. The van der Waals surface area contributed by atoms with Gasteiger partial charge in [-0.25, -0.2) is 4.39 Å². The van der Waals surface area contributed by atoms with E-state index in [-0.39, 0.29) is 17.1 Å². The third-order valence-electron chi connectivity index (χ3n) is 3.49. The molecule has 0 saturated carbocycles. The minimum atomic E-state index is -0.304. The van der Waals surface area contributed by atoms with E-state index in [1.54, 1.807) is 12.1 Å². The standard InChI is InChI=1S/C15H24FN3O/c1-15(2,14(17)19-20)9-5-10-18-11-8-12-6-3-4-7-13(12)16/h3-4,6-7,18,20H,5,8-11H2,1-2H3,(H2,17,19). The van der Waals surface area contributed by atoms with Gasteiger partial charge in [0.25, 0.3) is 0 Å². The first-order valence-corrected chi connectivity index (χ1v) is 6.89. The molecule has 0 bridgehead atoms. The second-order valence-electron chi connectivity index (χ2n) is 5.56. The van der Waals surface area contributed by atoms with E-state index >= 15 is 0 Å². The van der Waals surface area contributed by atoms with E-state index in [1.165, 1.54) is 6.07 Å². The Bertz CT molecular complexity index is 446. The Morgan fingerprint density at radius 3 is 2.70 bits per heavy atom. The molecule has 0 radical (unpaired) electrons. The Morgan fingerprint density at radius 1 is 1.35 bits per heavy atom. The molecule has 0 unspecified atom stereocenters. The van der Waals surface area contributed by atoms with Gasteiger partial charge in [0.15, 0.2) is 0 Å². The van der Waals surface area contributed by atoms with Gasteiger partial charge in [-0.2, -0.15) is 0 Å². The Morgan fingerprint density at radius 2 is 2.05 bits per heavy atom. The lowest BCUT2D eigenvalue weighted by atomic mass is 9.86. The summed E-state index contributed by atoms with van der Waals surface area (Å²) < 4.78 is 13.4. The third-order valence-corrected chi connectivity index (χ3v) is 3.49. The van der Waals surface area contributed by atoms with Crippen LogP contribution in [0.2, 0.25) is 0 Å².